The van der Waals surface area contributed by atoms with Crippen molar-refractivity contribution in [1.82, 2.24) is 4.37 Å². The van der Waals surface area contributed by atoms with Gasteiger partial charge in [-0.15, -0.1) is 0 Å². The van der Waals surface area contributed by atoms with E-state index in [1.165, 1.54) is 11.5 Å². The zero-order valence-electron chi connectivity index (χ0n) is 12.8. The second-order valence-electron chi connectivity index (χ2n) is 5.91. The van der Waals surface area contributed by atoms with Crippen LogP contribution in [-0.4, -0.2) is 23.0 Å². The van der Waals surface area contributed by atoms with Gasteiger partial charge in [0.05, 0.1) is 17.7 Å². The smallest absolute Gasteiger partial charge is 0.230 e. The Morgan fingerprint density at radius 2 is 2.14 bits per heavy atom. The number of hydrogen-bond acceptors (Lipinski definition) is 4. The molecule has 2 atom stereocenters. The molecule has 0 radical (unpaired) electrons. The summed E-state index contributed by atoms with van der Waals surface area (Å²) in [6, 6.07) is 9.91. The average molecular weight is 316 g/mol. The van der Waals surface area contributed by atoms with Gasteiger partial charge in [-0.2, -0.15) is 4.37 Å². The van der Waals surface area contributed by atoms with Crippen LogP contribution in [0.2, 0.25) is 0 Å². The standard InChI is InChI=1S/C17H20N2O2S/c1-11(2)16-13(8-9-21-16)17(20)18-14-10-22-19-15(14)12-6-4-3-5-7-12/h3-7,10-11,13,16H,8-9H2,1-2H3,(H,18,20)/t13-,16+/m1/s1. The van der Waals surface area contributed by atoms with Gasteiger partial charge in [-0.25, -0.2) is 0 Å². The van der Waals surface area contributed by atoms with Crippen LogP contribution in [0, 0.1) is 11.8 Å². The highest BCUT2D eigenvalue weighted by atomic mass is 32.1. The number of amides is 1. The van der Waals surface area contributed by atoms with E-state index in [0.29, 0.717) is 12.5 Å². The summed E-state index contributed by atoms with van der Waals surface area (Å²) in [6.07, 6.45) is 0.791. The van der Waals surface area contributed by atoms with Crippen molar-refractivity contribution in [3.63, 3.8) is 0 Å². The summed E-state index contributed by atoms with van der Waals surface area (Å²) in [6.45, 7) is 4.85. The molecule has 1 saturated heterocycles. The van der Waals surface area contributed by atoms with Crippen molar-refractivity contribution >= 4 is 23.1 Å². The van der Waals surface area contributed by atoms with Gasteiger partial charge in [0, 0.05) is 17.6 Å². The topological polar surface area (TPSA) is 51.2 Å². The molecule has 1 amide bonds. The summed E-state index contributed by atoms with van der Waals surface area (Å²) in [7, 11) is 0. The molecule has 22 heavy (non-hydrogen) atoms. The van der Waals surface area contributed by atoms with Gasteiger partial charge in [0.25, 0.3) is 0 Å². The second-order valence-corrected chi connectivity index (χ2v) is 6.54. The van der Waals surface area contributed by atoms with Gasteiger partial charge in [0.2, 0.25) is 5.91 Å². The molecule has 1 aromatic heterocycles. The Bertz CT molecular complexity index is 639. The second kappa shape index (κ2) is 6.58. The summed E-state index contributed by atoms with van der Waals surface area (Å²) in [5.41, 5.74) is 2.64. The van der Waals surface area contributed by atoms with Crippen molar-refractivity contribution in [3.8, 4) is 11.3 Å². The first-order chi connectivity index (χ1) is 10.7. The van der Waals surface area contributed by atoms with Crippen molar-refractivity contribution in [2.24, 2.45) is 11.8 Å². The number of carbonyl (C=O) groups excluding carboxylic acids is 1. The van der Waals surface area contributed by atoms with Crippen LogP contribution in [-0.2, 0) is 9.53 Å². The van der Waals surface area contributed by atoms with Crippen LogP contribution < -0.4 is 5.32 Å². The number of benzene rings is 1. The molecule has 4 nitrogen and oxygen atoms in total. The predicted octanol–water partition coefficient (Wildman–Crippen LogP) is 3.81. The Morgan fingerprint density at radius 3 is 2.86 bits per heavy atom. The minimum atomic E-state index is -0.0801. The Kier molecular flexibility index (Phi) is 4.55. The summed E-state index contributed by atoms with van der Waals surface area (Å²) in [5.74, 6) is 0.296. The highest BCUT2D eigenvalue weighted by molar-refractivity contribution is 7.04. The van der Waals surface area contributed by atoms with Crippen LogP contribution in [0.25, 0.3) is 11.3 Å². The molecular formula is C17H20N2O2S. The number of aromatic nitrogens is 1. The number of anilines is 1. The fraction of sp³-hybridized carbons (Fsp3) is 0.412. The number of carbonyl (C=O) groups is 1. The summed E-state index contributed by atoms with van der Waals surface area (Å²) >= 11 is 1.36. The van der Waals surface area contributed by atoms with Crippen molar-refractivity contribution < 1.29 is 9.53 Å². The van der Waals surface area contributed by atoms with Gasteiger partial charge in [0.15, 0.2) is 0 Å². The minimum Gasteiger partial charge on any atom is -0.377 e. The molecular weight excluding hydrogens is 296 g/mol. The predicted molar refractivity (Wildman–Crippen MR) is 88.9 cm³/mol. The van der Waals surface area contributed by atoms with Crippen LogP contribution in [0.15, 0.2) is 35.7 Å². The lowest BCUT2D eigenvalue weighted by Crippen LogP contribution is -2.32. The molecule has 1 N–H and O–H groups in total. The van der Waals surface area contributed by atoms with Crippen LogP contribution in [0.3, 0.4) is 0 Å². The van der Waals surface area contributed by atoms with E-state index < -0.39 is 0 Å². The van der Waals surface area contributed by atoms with Gasteiger partial charge in [0.1, 0.15) is 5.69 Å². The van der Waals surface area contributed by atoms with E-state index >= 15 is 0 Å². The maximum Gasteiger partial charge on any atom is 0.230 e. The normalized spacial score (nSPS) is 21.2. The number of rotatable bonds is 4. The lowest BCUT2D eigenvalue weighted by Gasteiger charge is -2.21. The first-order valence-corrected chi connectivity index (χ1v) is 8.42. The van der Waals surface area contributed by atoms with Gasteiger partial charge in [-0.3, -0.25) is 4.79 Å². The van der Waals surface area contributed by atoms with Crippen molar-refractivity contribution in [3.05, 3.63) is 35.7 Å². The third-order valence-electron chi connectivity index (χ3n) is 4.00. The zero-order chi connectivity index (χ0) is 15.5. The van der Waals surface area contributed by atoms with Crippen LogP contribution in [0.5, 0.6) is 0 Å². The maximum absolute atomic E-state index is 12.6. The van der Waals surface area contributed by atoms with E-state index in [2.05, 4.69) is 23.5 Å². The molecule has 0 aliphatic carbocycles. The fourth-order valence-electron chi connectivity index (χ4n) is 2.90. The van der Waals surface area contributed by atoms with Gasteiger partial charge in [-0.05, 0) is 23.9 Å². The zero-order valence-corrected chi connectivity index (χ0v) is 13.6. The van der Waals surface area contributed by atoms with E-state index in [-0.39, 0.29) is 17.9 Å². The fourth-order valence-corrected chi connectivity index (χ4v) is 3.54. The Balaban J connectivity index is 1.77. The molecule has 0 spiro atoms. The minimum absolute atomic E-state index is 0.00627. The van der Waals surface area contributed by atoms with Crippen molar-refractivity contribution in [2.45, 2.75) is 26.4 Å². The molecule has 1 aliphatic heterocycles. The highest BCUT2D eigenvalue weighted by Gasteiger charge is 2.36. The number of nitrogens with one attached hydrogen (secondary N) is 1. The number of hydrogen-bond donors (Lipinski definition) is 1. The summed E-state index contributed by atoms with van der Waals surface area (Å²) < 4.78 is 10.1. The third kappa shape index (κ3) is 3.05. The molecule has 5 heteroatoms. The van der Waals surface area contributed by atoms with E-state index in [4.69, 9.17) is 4.74 Å². The molecule has 3 rings (SSSR count). The van der Waals surface area contributed by atoms with Crippen LogP contribution in [0.1, 0.15) is 20.3 Å². The third-order valence-corrected chi connectivity index (χ3v) is 4.63. The van der Waals surface area contributed by atoms with Gasteiger partial charge in [-0.1, -0.05) is 44.2 Å². The highest BCUT2D eigenvalue weighted by Crippen LogP contribution is 2.31. The molecule has 116 valence electrons. The lowest BCUT2D eigenvalue weighted by molar-refractivity contribution is -0.122. The Hall–Kier alpha value is -1.72. The Morgan fingerprint density at radius 1 is 1.36 bits per heavy atom. The van der Waals surface area contributed by atoms with Crippen molar-refractivity contribution in [2.75, 3.05) is 11.9 Å². The number of ether oxygens (including phenoxy) is 1. The van der Waals surface area contributed by atoms with Crippen LogP contribution in [0.4, 0.5) is 5.69 Å². The molecule has 0 bridgehead atoms. The molecule has 2 aromatic rings. The maximum atomic E-state index is 12.6. The first-order valence-electron chi connectivity index (χ1n) is 7.59. The van der Waals surface area contributed by atoms with E-state index in [9.17, 15) is 4.79 Å². The average Bonchev–Trinajstić information content (AvgIpc) is 3.17. The van der Waals surface area contributed by atoms with E-state index in [1.54, 1.807) is 0 Å². The molecule has 2 heterocycles. The van der Waals surface area contributed by atoms with Gasteiger partial charge >= 0.3 is 0 Å². The van der Waals surface area contributed by atoms with E-state index in [0.717, 1.165) is 23.4 Å². The summed E-state index contributed by atoms with van der Waals surface area (Å²) in [4.78, 5) is 12.6. The monoisotopic (exact) mass is 316 g/mol. The molecule has 1 aliphatic rings. The largest absolute Gasteiger partial charge is 0.377 e. The SMILES string of the molecule is CC(C)[C@@H]1OCC[C@H]1C(=O)Nc1csnc1-c1ccccc1. The molecule has 0 saturated carbocycles. The molecule has 1 fully saturated rings. The van der Waals surface area contributed by atoms with Gasteiger partial charge < -0.3 is 10.1 Å². The molecule has 0 unspecified atom stereocenters. The lowest BCUT2D eigenvalue weighted by atomic mass is 9.92. The summed E-state index contributed by atoms with van der Waals surface area (Å²) in [5, 5.41) is 4.93. The van der Waals surface area contributed by atoms with Crippen LogP contribution >= 0.6 is 11.5 Å². The van der Waals surface area contributed by atoms with E-state index in [1.807, 2.05) is 35.7 Å². The quantitative estimate of drug-likeness (QED) is 0.933. The number of nitrogens with zero attached hydrogens (tertiary/aromatic N) is 1. The van der Waals surface area contributed by atoms with Crippen molar-refractivity contribution in [1.29, 1.82) is 0 Å². The first kappa shape index (κ1) is 15.2. The molecule has 1 aromatic carbocycles. The Labute approximate surface area is 134 Å².